The fourth-order valence-electron chi connectivity index (χ4n) is 3.07. The van der Waals surface area contributed by atoms with Crippen molar-refractivity contribution in [2.24, 2.45) is 10.9 Å². The number of carbonyl (C=O) groups is 1. The third-order valence-corrected chi connectivity index (χ3v) is 4.70. The molecule has 2 N–H and O–H groups in total. The summed E-state index contributed by atoms with van der Waals surface area (Å²) in [5.74, 6) is 0.0342. The van der Waals surface area contributed by atoms with Gasteiger partial charge < -0.3 is 15.4 Å². The van der Waals surface area contributed by atoms with Crippen molar-refractivity contribution < 1.29 is 22.7 Å². The lowest BCUT2D eigenvalue weighted by atomic mass is 10.1. The molecule has 0 bridgehead atoms. The summed E-state index contributed by atoms with van der Waals surface area (Å²) in [6.07, 6.45) is -3.41. The quantitative estimate of drug-likeness (QED) is 0.436. The van der Waals surface area contributed by atoms with Crippen LogP contribution < -0.4 is 10.6 Å². The van der Waals surface area contributed by atoms with Crippen molar-refractivity contribution in [2.75, 3.05) is 33.8 Å². The highest BCUT2D eigenvalue weighted by atomic mass is 19.4. The lowest BCUT2D eigenvalue weighted by molar-refractivity contribution is -0.144. The van der Waals surface area contributed by atoms with Crippen molar-refractivity contribution >= 4 is 11.9 Å². The largest absolute Gasteiger partial charge is 0.469 e. The smallest absolute Gasteiger partial charge is 0.416 e. The molecule has 0 aromatic heterocycles. The molecule has 156 valence electrons. The number of methoxy groups -OCH3 is 1. The van der Waals surface area contributed by atoms with Crippen LogP contribution in [0.3, 0.4) is 0 Å². The Morgan fingerprint density at radius 1 is 1.36 bits per heavy atom. The Morgan fingerprint density at radius 2 is 2.04 bits per heavy atom. The predicted octanol–water partition coefficient (Wildman–Crippen LogP) is 2.25. The molecule has 0 radical (unpaired) electrons. The number of benzene rings is 1. The van der Waals surface area contributed by atoms with E-state index in [1.807, 2.05) is 0 Å². The predicted molar refractivity (Wildman–Crippen MR) is 101 cm³/mol. The van der Waals surface area contributed by atoms with E-state index < -0.39 is 11.7 Å². The second kappa shape index (κ2) is 9.77. The van der Waals surface area contributed by atoms with Gasteiger partial charge in [0.25, 0.3) is 0 Å². The molecule has 1 aromatic rings. The summed E-state index contributed by atoms with van der Waals surface area (Å²) in [5, 5.41) is 6.43. The van der Waals surface area contributed by atoms with E-state index in [4.69, 9.17) is 4.74 Å². The first-order valence-electron chi connectivity index (χ1n) is 9.16. The van der Waals surface area contributed by atoms with Crippen LogP contribution in [0.15, 0.2) is 29.3 Å². The molecule has 1 aliphatic rings. The van der Waals surface area contributed by atoms with Crippen LogP contribution in [0.25, 0.3) is 0 Å². The van der Waals surface area contributed by atoms with Gasteiger partial charge in [-0.2, -0.15) is 13.2 Å². The minimum absolute atomic E-state index is 0.175. The fourth-order valence-corrected chi connectivity index (χ4v) is 3.07. The lowest BCUT2D eigenvalue weighted by Gasteiger charge is -2.20. The number of rotatable bonds is 6. The molecule has 2 atom stereocenters. The third-order valence-electron chi connectivity index (χ3n) is 4.70. The molecule has 6 nitrogen and oxygen atoms in total. The Hall–Kier alpha value is -2.29. The van der Waals surface area contributed by atoms with Crippen LogP contribution in [0, 0.1) is 5.92 Å². The monoisotopic (exact) mass is 400 g/mol. The summed E-state index contributed by atoms with van der Waals surface area (Å²) >= 11 is 0. The maximum absolute atomic E-state index is 12.6. The number of halogens is 3. The Balaban J connectivity index is 1.80. The molecule has 1 aromatic carbocycles. The molecule has 2 unspecified atom stereocenters. The molecule has 0 saturated carbocycles. The molecule has 1 fully saturated rings. The lowest BCUT2D eigenvalue weighted by Crippen LogP contribution is -2.46. The maximum Gasteiger partial charge on any atom is 0.416 e. The van der Waals surface area contributed by atoms with E-state index >= 15 is 0 Å². The first-order chi connectivity index (χ1) is 13.2. The van der Waals surface area contributed by atoms with Gasteiger partial charge in [0.2, 0.25) is 0 Å². The normalized spacial score (nSPS) is 19.4. The second-order valence-corrected chi connectivity index (χ2v) is 6.94. The standard InChI is InChI=1S/C19H27F3N4O2/c1-13(17(27)28-3)10-24-18(23-2)25-16-8-9-26(12-16)11-14-4-6-15(7-5-14)19(20,21)22/h4-7,13,16H,8-12H2,1-3H3,(H2,23,24,25). The summed E-state index contributed by atoms with van der Waals surface area (Å²) < 4.78 is 42.6. The van der Waals surface area contributed by atoms with Crippen molar-refractivity contribution in [3.8, 4) is 0 Å². The molecular weight excluding hydrogens is 373 g/mol. The molecule has 1 heterocycles. The molecule has 0 spiro atoms. The number of nitrogens with zero attached hydrogens (tertiary/aromatic N) is 2. The molecule has 28 heavy (non-hydrogen) atoms. The summed E-state index contributed by atoms with van der Waals surface area (Å²) in [6.45, 7) is 4.38. The van der Waals surface area contributed by atoms with E-state index in [2.05, 4.69) is 20.5 Å². The Bertz CT molecular complexity index is 677. The van der Waals surface area contributed by atoms with Crippen LogP contribution in [-0.2, 0) is 22.3 Å². The van der Waals surface area contributed by atoms with E-state index in [-0.39, 0.29) is 17.9 Å². The van der Waals surface area contributed by atoms with E-state index in [1.165, 1.54) is 19.2 Å². The van der Waals surface area contributed by atoms with Gasteiger partial charge in [-0.05, 0) is 24.1 Å². The van der Waals surface area contributed by atoms with E-state index in [0.29, 0.717) is 19.0 Å². The van der Waals surface area contributed by atoms with Crippen LogP contribution in [0.4, 0.5) is 13.2 Å². The summed E-state index contributed by atoms with van der Waals surface area (Å²) in [5.41, 5.74) is 0.219. The van der Waals surface area contributed by atoms with Gasteiger partial charge in [-0.3, -0.25) is 14.7 Å². The summed E-state index contributed by atoms with van der Waals surface area (Å²) in [7, 11) is 3.02. The fraction of sp³-hybridized carbons (Fsp3) is 0.579. The number of hydrogen-bond acceptors (Lipinski definition) is 4. The van der Waals surface area contributed by atoms with Crippen molar-refractivity contribution in [1.29, 1.82) is 0 Å². The molecule has 0 amide bonds. The van der Waals surface area contributed by atoms with E-state index in [1.54, 1.807) is 14.0 Å². The van der Waals surface area contributed by atoms with Gasteiger partial charge in [0.1, 0.15) is 0 Å². The number of carbonyl (C=O) groups excluding carboxylic acids is 1. The number of nitrogens with one attached hydrogen (secondary N) is 2. The van der Waals surface area contributed by atoms with Crippen LogP contribution in [0.2, 0.25) is 0 Å². The average Bonchev–Trinajstić information content (AvgIpc) is 3.10. The van der Waals surface area contributed by atoms with Gasteiger partial charge in [0.15, 0.2) is 5.96 Å². The second-order valence-electron chi connectivity index (χ2n) is 6.94. The van der Waals surface area contributed by atoms with Crippen LogP contribution >= 0.6 is 0 Å². The maximum atomic E-state index is 12.6. The van der Waals surface area contributed by atoms with Gasteiger partial charge in [0.05, 0.1) is 18.6 Å². The number of alkyl halides is 3. The van der Waals surface area contributed by atoms with Crippen molar-refractivity contribution in [3.63, 3.8) is 0 Å². The highest BCUT2D eigenvalue weighted by Crippen LogP contribution is 2.29. The molecular formula is C19H27F3N4O2. The number of likely N-dealkylation sites (tertiary alicyclic amines) is 1. The van der Waals surface area contributed by atoms with Gasteiger partial charge in [0, 0.05) is 39.3 Å². The highest BCUT2D eigenvalue weighted by Gasteiger charge is 2.30. The minimum atomic E-state index is -4.31. The highest BCUT2D eigenvalue weighted by molar-refractivity contribution is 5.81. The van der Waals surface area contributed by atoms with Gasteiger partial charge in [-0.1, -0.05) is 19.1 Å². The first kappa shape index (κ1) is 22.0. The third kappa shape index (κ3) is 6.40. The van der Waals surface area contributed by atoms with E-state index in [0.717, 1.165) is 37.2 Å². The molecule has 1 saturated heterocycles. The van der Waals surface area contributed by atoms with Crippen LogP contribution in [0.1, 0.15) is 24.5 Å². The SMILES string of the molecule is CN=C(NCC(C)C(=O)OC)NC1CCN(Cc2ccc(C(F)(F)F)cc2)C1. The van der Waals surface area contributed by atoms with E-state index in [9.17, 15) is 18.0 Å². The number of ether oxygens (including phenoxy) is 1. The van der Waals surface area contributed by atoms with Gasteiger partial charge >= 0.3 is 12.1 Å². The Kier molecular flexibility index (Phi) is 7.68. The van der Waals surface area contributed by atoms with Crippen molar-refractivity contribution in [3.05, 3.63) is 35.4 Å². The molecule has 2 rings (SSSR count). The summed E-state index contributed by atoms with van der Waals surface area (Å²) in [6, 6.07) is 5.47. The molecule has 9 heteroatoms. The molecule has 1 aliphatic heterocycles. The van der Waals surface area contributed by atoms with Crippen molar-refractivity contribution in [2.45, 2.75) is 32.1 Å². The first-order valence-corrected chi connectivity index (χ1v) is 9.16. The van der Waals surface area contributed by atoms with Gasteiger partial charge in [-0.15, -0.1) is 0 Å². The topological polar surface area (TPSA) is 66.0 Å². The zero-order valence-electron chi connectivity index (χ0n) is 16.3. The number of esters is 1. The van der Waals surface area contributed by atoms with Crippen LogP contribution in [-0.4, -0.2) is 56.7 Å². The number of hydrogen-bond donors (Lipinski definition) is 2. The molecule has 0 aliphatic carbocycles. The van der Waals surface area contributed by atoms with Crippen LogP contribution in [0.5, 0.6) is 0 Å². The van der Waals surface area contributed by atoms with Crippen molar-refractivity contribution in [1.82, 2.24) is 15.5 Å². The number of guanidine groups is 1. The average molecular weight is 400 g/mol. The number of aliphatic imine (C=N–C) groups is 1. The van der Waals surface area contributed by atoms with Gasteiger partial charge in [-0.25, -0.2) is 0 Å². The zero-order valence-corrected chi connectivity index (χ0v) is 16.3. The minimum Gasteiger partial charge on any atom is -0.469 e. The Morgan fingerprint density at radius 3 is 2.61 bits per heavy atom. The summed E-state index contributed by atoms with van der Waals surface area (Å²) in [4.78, 5) is 17.8. The Labute approximate surface area is 163 Å². The zero-order chi connectivity index (χ0) is 20.7.